The van der Waals surface area contributed by atoms with E-state index in [-0.39, 0.29) is 5.60 Å². The number of benzene rings is 1. The molecule has 47 heavy (non-hydrogen) atoms. The Labute approximate surface area is 296 Å². The Kier molecular flexibility index (Phi) is 31.6. The fourth-order valence-electron chi connectivity index (χ4n) is 7.57. The van der Waals surface area contributed by atoms with Crippen molar-refractivity contribution in [2.75, 3.05) is 14.1 Å². The molecule has 0 saturated heterocycles. The third-order valence-corrected chi connectivity index (χ3v) is 10.5. The van der Waals surface area contributed by atoms with E-state index >= 15 is 0 Å². The number of hydrogen-bond acceptors (Lipinski definition) is 2. The smallest absolute Gasteiger partial charge is 0.115 e. The van der Waals surface area contributed by atoms with Crippen molar-refractivity contribution in [3.05, 3.63) is 35.9 Å². The Morgan fingerprint density at radius 2 is 0.638 bits per heavy atom. The van der Waals surface area contributed by atoms with Gasteiger partial charge in [-0.25, -0.2) is 0 Å². The molecule has 0 heterocycles. The minimum atomic E-state index is -0.184. The van der Waals surface area contributed by atoms with Gasteiger partial charge in [0.15, 0.2) is 0 Å². The van der Waals surface area contributed by atoms with E-state index in [0.29, 0.717) is 0 Å². The van der Waals surface area contributed by atoms with E-state index in [1.807, 2.05) is 5.06 Å². The maximum Gasteiger partial charge on any atom is 0.115 e. The standard InChI is InChI=1S/C45H85NO/c1-5-7-9-11-13-15-17-19-21-23-25-27-29-31-33-38-42-45(47-46(3)4,44-40-36-35-37-41-44)43-39-34-32-30-28-26-24-22-20-18-16-14-12-10-8-6-2/h35-37,40-41H,5-34,38-39,42-43H2,1-4H3. The monoisotopic (exact) mass is 656 g/mol. The van der Waals surface area contributed by atoms with E-state index in [2.05, 4.69) is 58.3 Å². The van der Waals surface area contributed by atoms with Crippen LogP contribution in [0.4, 0.5) is 0 Å². The summed E-state index contributed by atoms with van der Waals surface area (Å²) in [5.41, 5.74) is 1.19. The topological polar surface area (TPSA) is 12.5 Å². The second-order valence-corrected chi connectivity index (χ2v) is 15.4. The quantitative estimate of drug-likeness (QED) is 0.0522. The fourth-order valence-corrected chi connectivity index (χ4v) is 7.57. The summed E-state index contributed by atoms with van der Waals surface area (Å²) in [5.74, 6) is 0. The highest BCUT2D eigenvalue weighted by molar-refractivity contribution is 5.22. The number of nitrogens with zero attached hydrogens (tertiary/aromatic N) is 1. The van der Waals surface area contributed by atoms with Crippen LogP contribution >= 0.6 is 0 Å². The first kappa shape index (κ1) is 44.2. The molecule has 0 fully saturated rings. The summed E-state index contributed by atoms with van der Waals surface area (Å²) in [6, 6.07) is 11.2. The molecule has 0 aliphatic heterocycles. The highest BCUT2D eigenvalue weighted by Gasteiger charge is 2.33. The van der Waals surface area contributed by atoms with Gasteiger partial charge < -0.3 is 0 Å². The Morgan fingerprint density at radius 3 is 0.894 bits per heavy atom. The largest absolute Gasteiger partial charge is 0.288 e. The second kappa shape index (κ2) is 33.6. The van der Waals surface area contributed by atoms with Crippen LogP contribution in [-0.4, -0.2) is 19.2 Å². The van der Waals surface area contributed by atoms with Gasteiger partial charge in [0.25, 0.3) is 0 Å². The highest BCUT2D eigenvalue weighted by Crippen LogP contribution is 2.38. The molecule has 2 heteroatoms. The molecule has 0 amide bonds. The molecule has 0 N–H and O–H groups in total. The molecule has 0 spiro atoms. The molecule has 1 aromatic rings. The van der Waals surface area contributed by atoms with Gasteiger partial charge in [0.05, 0.1) is 0 Å². The van der Waals surface area contributed by atoms with E-state index in [9.17, 15) is 0 Å². The van der Waals surface area contributed by atoms with Crippen molar-refractivity contribution in [2.24, 2.45) is 0 Å². The van der Waals surface area contributed by atoms with Crippen LogP contribution in [0.2, 0.25) is 0 Å². The van der Waals surface area contributed by atoms with Gasteiger partial charge in [0.1, 0.15) is 5.60 Å². The maximum atomic E-state index is 6.71. The first-order chi connectivity index (χ1) is 23.1. The van der Waals surface area contributed by atoms with Gasteiger partial charge in [0.2, 0.25) is 0 Å². The molecule has 0 saturated carbocycles. The highest BCUT2D eigenvalue weighted by atomic mass is 16.7. The minimum Gasteiger partial charge on any atom is -0.288 e. The average Bonchev–Trinajstić information content (AvgIpc) is 3.08. The SMILES string of the molecule is CCCCCCCCCCCCCCCCCCC(CCCCCCCCCCCCCCCCCC)(ON(C)C)c1ccccc1. The Hall–Kier alpha value is -0.860. The van der Waals surface area contributed by atoms with Gasteiger partial charge in [0, 0.05) is 14.1 Å². The van der Waals surface area contributed by atoms with Crippen LogP contribution in [0.1, 0.15) is 238 Å². The number of unbranched alkanes of at least 4 members (excludes halogenated alkanes) is 30. The Morgan fingerprint density at radius 1 is 0.383 bits per heavy atom. The molecular weight excluding hydrogens is 571 g/mol. The summed E-state index contributed by atoms with van der Waals surface area (Å²) in [4.78, 5) is 6.71. The first-order valence-corrected chi connectivity index (χ1v) is 21.6. The lowest BCUT2D eigenvalue weighted by molar-refractivity contribution is -0.234. The number of hydroxylamine groups is 2. The maximum absolute atomic E-state index is 6.71. The van der Waals surface area contributed by atoms with Crippen molar-refractivity contribution in [1.29, 1.82) is 0 Å². The lowest BCUT2D eigenvalue weighted by atomic mass is 9.83. The third-order valence-electron chi connectivity index (χ3n) is 10.5. The lowest BCUT2D eigenvalue weighted by Gasteiger charge is -2.37. The van der Waals surface area contributed by atoms with E-state index in [1.165, 1.54) is 211 Å². The van der Waals surface area contributed by atoms with Crippen LogP contribution in [0.25, 0.3) is 0 Å². The summed E-state index contributed by atoms with van der Waals surface area (Å²) in [6.45, 7) is 4.61. The summed E-state index contributed by atoms with van der Waals surface area (Å²) >= 11 is 0. The van der Waals surface area contributed by atoms with E-state index in [0.717, 1.165) is 12.8 Å². The zero-order chi connectivity index (χ0) is 33.9. The van der Waals surface area contributed by atoms with Gasteiger partial charge >= 0.3 is 0 Å². The molecule has 0 atom stereocenters. The van der Waals surface area contributed by atoms with Crippen LogP contribution in [0, 0.1) is 0 Å². The van der Waals surface area contributed by atoms with E-state index in [4.69, 9.17) is 4.84 Å². The molecule has 0 aliphatic carbocycles. The normalized spacial score (nSPS) is 12.0. The third kappa shape index (κ3) is 26.7. The van der Waals surface area contributed by atoms with Gasteiger partial charge in [-0.1, -0.05) is 250 Å². The van der Waals surface area contributed by atoms with Crippen molar-refractivity contribution in [2.45, 2.75) is 238 Å². The van der Waals surface area contributed by atoms with E-state index in [1.54, 1.807) is 0 Å². The molecule has 0 radical (unpaired) electrons. The van der Waals surface area contributed by atoms with Crippen molar-refractivity contribution in [1.82, 2.24) is 5.06 Å². The predicted molar refractivity (Wildman–Crippen MR) is 211 cm³/mol. The van der Waals surface area contributed by atoms with Crippen LogP contribution < -0.4 is 0 Å². The molecular formula is C45H85NO. The second-order valence-electron chi connectivity index (χ2n) is 15.4. The van der Waals surface area contributed by atoms with Crippen molar-refractivity contribution in [3.63, 3.8) is 0 Å². The summed E-state index contributed by atoms with van der Waals surface area (Å²) in [7, 11) is 4.14. The van der Waals surface area contributed by atoms with Crippen LogP contribution in [-0.2, 0) is 10.4 Å². The molecule has 2 nitrogen and oxygen atoms in total. The van der Waals surface area contributed by atoms with Crippen LogP contribution in [0.3, 0.4) is 0 Å². The van der Waals surface area contributed by atoms with Gasteiger partial charge in [-0.3, -0.25) is 4.84 Å². The van der Waals surface area contributed by atoms with E-state index < -0.39 is 0 Å². The Balaban J connectivity index is 2.21. The first-order valence-electron chi connectivity index (χ1n) is 21.6. The molecule has 0 bridgehead atoms. The number of hydrogen-bond donors (Lipinski definition) is 0. The van der Waals surface area contributed by atoms with Crippen molar-refractivity contribution in [3.8, 4) is 0 Å². The Bertz CT molecular complexity index is 695. The summed E-state index contributed by atoms with van der Waals surface area (Å²) < 4.78 is 0. The average molecular weight is 656 g/mol. The van der Waals surface area contributed by atoms with Gasteiger partial charge in [-0.2, -0.15) is 5.06 Å². The zero-order valence-corrected chi connectivity index (χ0v) is 32.8. The van der Waals surface area contributed by atoms with Crippen molar-refractivity contribution >= 4 is 0 Å². The fraction of sp³-hybridized carbons (Fsp3) is 0.867. The van der Waals surface area contributed by atoms with Gasteiger partial charge in [-0.15, -0.1) is 0 Å². The molecule has 1 aromatic carbocycles. The lowest BCUT2D eigenvalue weighted by Crippen LogP contribution is -2.35. The van der Waals surface area contributed by atoms with Gasteiger partial charge in [-0.05, 0) is 18.4 Å². The minimum absolute atomic E-state index is 0.184. The predicted octanol–water partition coefficient (Wildman–Crippen LogP) is 15.7. The summed E-state index contributed by atoms with van der Waals surface area (Å²) in [6.07, 6.45) is 47.7. The van der Waals surface area contributed by atoms with Crippen LogP contribution in [0.5, 0.6) is 0 Å². The summed E-state index contributed by atoms with van der Waals surface area (Å²) in [5, 5.41) is 1.96. The molecule has 0 aliphatic rings. The molecule has 0 unspecified atom stereocenters. The van der Waals surface area contributed by atoms with Crippen LogP contribution in [0.15, 0.2) is 30.3 Å². The molecule has 276 valence electrons. The zero-order valence-electron chi connectivity index (χ0n) is 32.8. The molecule has 1 rings (SSSR count). The van der Waals surface area contributed by atoms with Crippen molar-refractivity contribution < 1.29 is 4.84 Å². The molecule has 0 aromatic heterocycles. The number of rotatable bonds is 37.